The van der Waals surface area contributed by atoms with Crippen molar-refractivity contribution in [3.63, 3.8) is 0 Å². The molecule has 0 spiro atoms. The number of benzene rings is 3. The predicted octanol–water partition coefficient (Wildman–Crippen LogP) is 3.77. The minimum Gasteiger partial charge on any atom is -0.288 e. The number of hydrogen-bond acceptors (Lipinski definition) is 3. The second-order valence-corrected chi connectivity index (χ2v) is 5.63. The van der Waals surface area contributed by atoms with E-state index in [0.29, 0.717) is 16.8 Å². The topological polar surface area (TPSA) is 49.4 Å². The smallest absolute Gasteiger partial charge is 0.281 e. The molecule has 3 aromatic carbocycles. The lowest BCUT2D eigenvalue weighted by molar-refractivity contribution is 0.0692. The monoisotopic (exact) mass is 302 g/mol. The normalized spacial score (nSPS) is 13.5. The van der Waals surface area contributed by atoms with Crippen LogP contribution < -0.4 is 5.43 Å². The molecule has 1 N–H and O–H groups in total. The van der Waals surface area contributed by atoms with Gasteiger partial charge in [0.25, 0.3) is 11.8 Å². The first kappa shape index (κ1) is 13.5. The van der Waals surface area contributed by atoms with E-state index in [4.69, 9.17) is 0 Å². The van der Waals surface area contributed by atoms with Crippen LogP contribution in [0.25, 0.3) is 10.8 Å². The number of fused-ring (bicyclic) bond motifs is 3. The van der Waals surface area contributed by atoms with Gasteiger partial charge < -0.3 is 0 Å². The molecule has 1 heterocycles. The van der Waals surface area contributed by atoms with Crippen LogP contribution in [0.2, 0.25) is 0 Å². The molecule has 4 heteroatoms. The molecule has 3 aromatic rings. The first-order valence-electron chi connectivity index (χ1n) is 7.39. The summed E-state index contributed by atoms with van der Waals surface area (Å²) in [7, 11) is 0. The summed E-state index contributed by atoms with van der Waals surface area (Å²) in [4.78, 5) is 25.3. The number of hydrogen-bond donors (Lipinski definition) is 1. The molecule has 0 atom stereocenters. The van der Waals surface area contributed by atoms with Crippen molar-refractivity contribution in [2.45, 2.75) is 6.92 Å². The summed E-state index contributed by atoms with van der Waals surface area (Å²) in [6.45, 7) is 1.98. The number of nitrogens with one attached hydrogen (secondary N) is 1. The number of anilines is 1. The molecule has 0 saturated heterocycles. The van der Waals surface area contributed by atoms with Gasteiger partial charge in [0.2, 0.25) is 0 Å². The Labute approximate surface area is 133 Å². The molecule has 112 valence electrons. The molecule has 0 aromatic heterocycles. The van der Waals surface area contributed by atoms with Gasteiger partial charge in [0.15, 0.2) is 0 Å². The molecular formula is C19H14N2O2. The van der Waals surface area contributed by atoms with Gasteiger partial charge >= 0.3 is 0 Å². The van der Waals surface area contributed by atoms with Crippen molar-refractivity contribution in [1.82, 2.24) is 5.01 Å². The van der Waals surface area contributed by atoms with E-state index >= 15 is 0 Å². The van der Waals surface area contributed by atoms with Crippen LogP contribution in [0, 0.1) is 6.92 Å². The zero-order chi connectivity index (χ0) is 16.0. The van der Waals surface area contributed by atoms with Crippen LogP contribution in [0.4, 0.5) is 5.69 Å². The lowest BCUT2D eigenvalue weighted by atomic mass is 10.0. The quantitative estimate of drug-likeness (QED) is 0.733. The Kier molecular flexibility index (Phi) is 2.91. The van der Waals surface area contributed by atoms with Crippen LogP contribution in [-0.4, -0.2) is 16.8 Å². The van der Waals surface area contributed by atoms with Crippen LogP contribution in [0.3, 0.4) is 0 Å². The molecule has 1 aliphatic heterocycles. The molecule has 1 aliphatic rings. The lowest BCUT2D eigenvalue weighted by Crippen LogP contribution is -2.35. The second-order valence-electron chi connectivity index (χ2n) is 5.63. The first-order chi connectivity index (χ1) is 11.1. The molecule has 0 saturated carbocycles. The van der Waals surface area contributed by atoms with Crippen molar-refractivity contribution in [2.75, 3.05) is 5.43 Å². The second kappa shape index (κ2) is 4.95. The summed E-state index contributed by atoms with van der Waals surface area (Å²) >= 11 is 0. The Hall–Kier alpha value is -3.14. The van der Waals surface area contributed by atoms with E-state index in [1.807, 2.05) is 61.5 Å². The SMILES string of the molecule is Cc1ccc(NN2C(=O)c3ccc4ccccc4c3C2=O)cc1. The number of rotatable bonds is 2. The third-order valence-corrected chi connectivity index (χ3v) is 4.07. The van der Waals surface area contributed by atoms with Gasteiger partial charge in [0, 0.05) is 0 Å². The number of amides is 2. The predicted molar refractivity (Wildman–Crippen MR) is 89.2 cm³/mol. The van der Waals surface area contributed by atoms with Crippen LogP contribution in [-0.2, 0) is 0 Å². The van der Waals surface area contributed by atoms with Crippen LogP contribution in [0.5, 0.6) is 0 Å². The summed E-state index contributed by atoms with van der Waals surface area (Å²) in [6.07, 6.45) is 0. The van der Waals surface area contributed by atoms with Crippen LogP contribution in [0.1, 0.15) is 26.3 Å². The summed E-state index contributed by atoms with van der Waals surface area (Å²) in [5.41, 5.74) is 5.64. The molecule has 0 aliphatic carbocycles. The van der Waals surface area contributed by atoms with Gasteiger partial charge in [-0.25, -0.2) is 0 Å². The molecule has 4 rings (SSSR count). The number of carbonyl (C=O) groups is 2. The van der Waals surface area contributed by atoms with E-state index in [2.05, 4.69) is 5.43 Å². The van der Waals surface area contributed by atoms with Crippen molar-refractivity contribution in [2.24, 2.45) is 0 Å². The van der Waals surface area contributed by atoms with Gasteiger partial charge in [-0.2, -0.15) is 5.01 Å². The summed E-state index contributed by atoms with van der Waals surface area (Å²) < 4.78 is 0. The number of aryl methyl sites for hydroxylation is 1. The van der Waals surface area contributed by atoms with E-state index in [-0.39, 0.29) is 11.8 Å². The fourth-order valence-electron chi connectivity index (χ4n) is 2.86. The van der Waals surface area contributed by atoms with E-state index in [0.717, 1.165) is 21.3 Å². The maximum atomic E-state index is 12.7. The highest BCUT2D eigenvalue weighted by Gasteiger charge is 2.37. The van der Waals surface area contributed by atoms with Crippen LogP contribution >= 0.6 is 0 Å². The summed E-state index contributed by atoms with van der Waals surface area (Å²) in [5.74, 6) is -0.640. The number of carbonyl (C=O) groups excluding carboxylic acids is 2. The molecule has 0 unspecified atom stereocenters. The van der Waals surface area contributed by atoms with Crippen molar-refractivity contribution in [1.29, 1.82) is 0 Å². The van der Waals surface area contributed by atoms with Crippen LogP contribution in [0.15, 0.2) is 60.7 Å². The van der Waals surface area contributed by atoms with Gasteiger partial charge in [-0.05, 0) is 35.9 Å². The fourth-order valence-corrected chi connectivity index (χ4v) is 2.86. The maximum absolute atomic E-state index is 12.7. The highest BCUT2D eigenvalue weighted by molar-refractivity contribution is 6.26. The first-order valence-corrected chi connectivity index (χ1v) is 7.39. The summed E-state index contributed by atoms with van der Waals surface area (Å²) in [6, 6.07) is 18.7. The standard InChI is InChI=1S/C19H14N2O2/c1-12-6-9-14(10-7-12)20-21-18(22)16-11-8-13-4-2-3-5-15(13)17(16)19(21)23/h2-11,20H,1H3. The molecule has 0 radical (unpaired) electrons. The average molecular weight is 302 g/mol. The minimum atomic E-state index is -0.323. The zero-order valence-corrected chi connectivity index (χ0v) is 12.5. The van der Waals surface area contributed by atoms with Crippen molar-refractivity contribution in [3.8, 4) is 0 Å². The Bertz CT molecular complexity index is 945. The molecule has 23 heavy (non-hydrogen) atoms. The Morgan fingerprint density at radius 1 is 0.826 bits per heavy atom. The van der Waals surface area contributed by atoms with Gasteiger partial charge in [0.05, 0.1) is 16.8 Å². The number of imide groups is 1. The highest BCUT2D eigenvalue weighted by atomic mass is 16.2. The average Bonchev–Trinajstić information content (AvgIpc) is 2.82. The molecular weight excluding hydrogens is 288 g/mol. The Morgan fingerprint density at radius 3 is 2.35 bits per heavy atom. The third kappa shape index (κ3) is 2.07. The number of nitrogens with zero attached hydrogens (tertiary/aromatic N) is 1. The van der Waals surface area contributed by atoms with E-state index in [9.17, 15) is 9.59 Å². The minimum absolute atomic E-state index is 0.317. The fraction of sp³-hybridized carbons (Fsp3) is 0.0526. The van der Waals surface area contributed by atoms with Crippen molar-refractivity contribution >= 4 is 28.3 Å². The largest absolute Gasteiger partial charge is 0.288 e. The van der Waals surface area contributed by atoms with E-state index in [1.54, 1.807) is 6.07 Å². The van der Waals surface area contributed by atoms with Crippen molar-refractivity contribution in [3.05, 3.63) is 77.4 Å². The highest BCUT2D eigenvalue weighted by Crippen LogP contribution is 2.30. The lowest BCUT2D eigenvalue weighted by Gasteiger charge is -2.16. The zero-order valence-electron chi connectivity index (χ0n) is 12.5. The maximum Gasteiger partial charge on any atom is 0.281 e. The summed E-state index contributed by atoms with van der Waals surface area (Å²) in [5, 5.41) is 2.84. The molecule has 0 fully saturated rings. The Balaban J connectivity index is 1.77. The molecule has 2 amide bonds. The van der Waals surface area contributed by atoms with Crippen molar-refractivity contribution < 1.29 is 9.59 Å². The van der Waals surface area contributed by atoms with E-state index < -0.39 is 0 Å². The van der Waals surface area contributed by atoms with Gasteiger partial charge in [-0.15, -0.1) is 0 Å². The molecule has 4 nitrogen and oxygen atoms in total. The third-order valence-electron chi connectivity index (χ3n) is 4.07. The molecule has 0 bridgehead atoms. The van der Waals surface area contributed by atoms with E-state index in [1.165, 1.54) is 0 Å². The van der Waals surface area contributed by atoms with Gasteiger partial charge in [-0.3, -0.25) is 15.0 Å². The Morgan fingerprint density at radius 2 is 1.57 bits per heavy atom. The number of hydrazine groups is 1. The van der Waals surface area contributed by atoms with Gasteiger partial charge in [0.1, 0.15) is 0 Å². The van der Waals surface area contributed by atoms with Gasteiger partial charge in [-0.1, -0.05) is 48.0 Å².